The van der Waals surface area contributed by atoms with Crippen LogP contribution in [0.15, 0.2) is 0 Å². The van der Waals surface area contributed by atoms with Gasteiger partial charge in [0.2, 0.25) is 5.91 Å². The zero-order valence-corrected chi connectivity index (χ0v) is 7.25. The molecular formula is C9H16N2O. The van der Waals surface area contributed by atoms with Crippen LogP contribution < -0.4 is 11.1 Å². The Balaban J connectivity index is 1.98. The predicted octanol–water partition coefficient (Wildman–Crippen LogP) is 0.392. The monoisotopic (exact) mass is 168 g/mol. The molecule has 0 bridgehead atoms. The molecule has 3 heteroatoms. The number of hydrogen-bond donors (Lipinski definition) is 2. The van der Waals surface area contributed by atoms with Crippen LogP contribution >= 0.6 is 0 Å². The lowest BCUT2D eigenvalue weighted by molar-refractivity contribution is -0.119. The second-order valence-electron chi connectivity index (χ2n) is 4.01. The first-order chi connectivity index (χ1) is 5.77. The average molecular weight is 168 g/mol. The third kappa shape index (κ3) is 1.33. The summed E-state index contributed by atoms with van der Waals surface area (Å²) in [5.74, 6) is 0.542. The van der Waals surface area contributed by atoms with E-state index in [1.165, 1.54) is 25.7 Å². The summed E-state index contributed by atoms with van der Waals surface area (Å²) < 4.78 is 0. The third-order valence-corrected chi connectivity index (χ3v) is 3.21. The van der Waals surface area contributed by atoms with Gasteiger partial charge in [0.1, 0.15) is 0 Å². The van der Waals surface area contributed by atoms with Gasteiger partial charge in [-0.1, -0.05) is 12.8 Å². The summed E-state index contributed by atoms with van der Waals surface area (Å²) in [6.07, 6.45) is 6.11. The van der Waals surface area contributed by atoms with Crippen LogP contribution in [0.25, 0.3) is 0 Å². The van der Waals surface area contributed by atoms with Crippen molar-refractivity contribution in [3.05, 3.63) is 0 Å². The molecule has 0 aromatic rings. The van der Waals surface area contributed by atoms with E-state index in [4.69, 9.17) is 5.73 Å². The maximum Gasteiger partial charge on any atom is 0.234 e. The minimum atomic E-state index is -0.176. The molecular weight excluding hydrogens is 152 g/mol. The number of carbonyl (C=O) groups excluding carboxylic acids is 1. The SMILES string of the molecule is NC(=O)[C@@H]1C[C@@H]2CCCC[C@H]2N1. The van der Waals surface area contributed by atoms with Crippen molar-refractivity contribution in [3.8, 4) is 0 Å². The zero-order valence-electron chi connectivity index (χ0n) is 7.25. The molecule has 2 aliphatic rings. The van der Waals surface area contributed by atoms with E-state index in [0.29, 0.717) is 6.04 Å². The van der Waals surface area contributed by atoms with E-state index in [2.05, 4.69) is 5.32 Å². The number of amides is 1. The molecule has 3 N–H and O–H groups in total. The standard InChI is InChI=1S/C9H16N2O/c10-9(12)8-5-6-3-1-2-4-7(6)11-8/h6-8,11H,1-5H2,(H2,10,12)/t6-,7+,8-/m0/s1. The first kappa shape index (κ1) is 8.05. The Bertz CT molecular complexity index is 179. The topological polar surface area (TPSA) is 55.1 Å². The lowest BCUT2D eigenvalue weighted by Crippen LogP contribution is -2.40. The van der Waals surface area contributed by atoms with E-state index in [-0.39, 0.29) is 11.9 Å². The third-order valence-electron chi connectivity index (χ3n) is 3.21. The maximum absolute atomic E-state index is 10.9. The summed E-state index contributed by atoms with van der Waals surface area (Å²) in [6, 6.07) is 0.536. The van der Waals surface area contributed by atoms with Gasteiger partial charge in [-0.2, -0.15) is 0 Å². The maximum atomic E-state index is 10.9. The number of hydrogen-bond acceptors (Lipinski definition) is 2. The van der Waals surface area contributed by atoms with Crippen LogP contribution in [0.1, 0.15) is 32.1 Å². The fourth-order valence-electron chi connectivity index (χ4n) is 2.54. The Morgan fingerprint density at radius 2 is 2.08 bits per heavy atom. The highest BCUT2D eigenvalue weighted by molar-refractivity contribution is 5.80. The fourth-order valence-corrected chi connectivity index (χ4v) is 2.54. The fraction of sp³-hybridized carbons (Fsp3) is 0.889. The van der Waals surface area contributed by atoms with Crippen molar-refractivity contribution >= 4 is 5.91 Å². The number of nitrogens with two attached hydrogens (primary N) is 1. The van der Waals surface area contributed by atoms with E-state index in [0.717, 1.165) is 12.3 Å². The van der Waals surface area contributed by atoms with Crippen LogP contribution in [0.4, 0.5) is 0 Å². The number of carbonyl (C=O) groups is 1. The van der Waals surface area contributed by atoms with Gasteiger partial charge in [0.05, 0.1) is 6.04 Å². The summed E-state index contributed by atoms with van der Waals surface area (Å²) in [5, 5.41) is 3.32. The Kier molecular flexibility index (Phi) is 2.05. The second-order valence-corrected chi connectivity index (χ2v) is 4.01. The Morgan fingerprint density at radius 3 is 2.75 bits per heavy atom. The van der Waals surface area contributed by atoms with Crippen molar-refractivity contribution < 1.29 is 4.79 Å². The second kappa shape index (κ2) is 3.05. The highest BCUT2D eigenvalue weighted by atomic mass is 16.1. The zero-order chi connectivity index (χ0) is 8.55. The Morgan fingerprint density at radius 1 is 1.33 bits per heavy atom. The highest BCUT2D eigenvalue weighted by Crippen LogP contribution is 2.32. The van der Waals surface area contributed by atoms with E-state index in [9.17, 15) is 4.79 Å². The lowest BCUT2D eigenvalue weighted by atomic mass is 9.85. The number of primary amides is 1. The van der Waals surface area contributed by atoms with Gasteiger partial charge in [0, 0.05) is 6.04 Å². The van der Waals surface area contributed by atoms with Gasteiger partial charge in [-0.05, 0) is 25.2 Å². The average Bonchev–Trinajstić information content (AvgIpc) is 2.46. The largest absolute Gasteiger partial charge is 0.368 e. The Labute approximate surface area is 72.7 Å². The van der Waals surface area contributed by atoms with Crippen molar-refractivity contribution in [2.75, 3.05) is 0 Å². The van der Waals surface area contributed by atoms with E-state index in [1.54, 1.807) is 0 Å². The minimum absolute atomic E-state index is 0.0434. The summed E-state index contributed by atoms with van der Waals surface area (Å²) >= 11 is 0. The van der Waals surface area contributed by atoms with Crippen LogP contribution in [0, 0.1) is 5.92 Å². The van der Waals surface area contributed by atoms with Gasteiger partial charge >= 0.3 is 0 Å². The van der Waals surface area contributed by atoms with Gasteiger partial charge in [0.25, 0.3) is 0 Å². The molecule has 0 radical (unpaired) electrons. The first-order valence-corrected chi connectivity index (χ1v) is 4.83. The molecule has 68 valence electrons. The molecule has 1 saturated carbocycles. The van der Waals surface area contributed by atoms with Crippen molar-refractivity contribution in [3.63, 3.8) is 0 Å². The molecule has 1 amide bonds. The van der Waals surface area contributed by atoms with Gasteiger partial charge in [0.15, 0.2) is 0 Å². The van der Waals surface area contributed by atoms with Crippen LogP contribution in [0.5, 0.6) is 0 Å². The molecule has 1 saturated heterocycles. The Hall–Kier alpha value is -0.570. The summed E-state index contributed by atoms with van der Waals surface area (Å²) in [5.41, 5.74) is 5.25. The van der Waals surface area contributed by atoms with Crippen molar-refractivity contribution in [1.29, 1.82) is 0 Å². The normalized spacial score (nSPS) is 40.8. The van der Waals surface area contributed by atoms with E-state index in [1.807, 2.05) is 0 Å². The number of fused-ring (bicyclic) bond motifs is 1. The molecule has 0 spiro atoms. The summed E-state index contributed by atoms with van der Waals surface area (Å²) in [4.78, 5) is 10.9. The minimum Gasteiger partial charge on any atom is -0.368 e. The predicted molar refractivity (Wildman–Crippen MR) is 46.5 cm³/mol. The van der Waals surface area contributed by atoms with Crippen LogP contribution in [0.3, 0.4) is 0 Å². The quantitative estimate of drug-likeness (QED) is 0.595. The first-order valence-electron chi connectivity index (χ1n) is 4.83. The van der Waals surface area contributed by atoms with E-state index >= 15 is 0 Å². The van der Waals surface area contributed by atoms with Gasteiger partial charge in [-0.3, -0.25) is 4.79 Å². The molecule has 0 aromatic carbocycles. The number of nitrogens with one attached hydrogen (secondary N) is 1. The molecule has 0 unspecified atom stereocenters. The molecule has 2 fully saturated rings. The molecule has 0 aromatic heterocycles. The van der Waals surface area contributed by atoms with Gasteiger partial charge in [-0.15, -0.1) is 0 Å². The molecule has 1 aliphatic heterocycles. The molecule has 3 atom stereocenters. The molecule has 12 heavy (non-hydrogen) atoms. The van der Waals surface area contributed by atoms with Crippen molar-refractivity contribution in [1.82, 2.24) is 5.32 Å². The molecule has 2 rings (SSSR count). The lowest BCUT2D eigenvalue weighted by Gasteiger charge is -2.24. The van der Waals surface area contributed by atoms with Crippen LogP contribution in [-0.2, 0) is 4.79 Å². The van der Waals surface area contributed by atoms with Crippen molar-refractivity contribution in [2.45, 2.75) is 44.2 Å². The summed E-state index contributed by atoms with van der Waals surface area (Å²) in [6.45, 7) is 0. The smallest absolute Gasteiger partial charge is 0.234 e. The van der Waals surface area contributed by atoms with Gasteiger partial charge < -0.3 is 11.1 Å². The number of rotatable bonds is 1. The summed E-state index contributed by atoms with van der Waals surface area (Å²) in [7, 11) is 0. The molecule has 1 aliphatic carbocycles. The van der Waals surface area contributed by atoms with Crippen LogP contribution in [-0.4, -0.2) is 18.0 Å². The molecule has 3 nitrogen and oxygen atoms in total. The van der Waals surface area contributed by atoms with Crippen molar-refractivity contribution in [2.24, 2.45) is 11.7 Å². The highest BCUT2D eigenvalue weighted by Gasteiger charge is 2.37. The van der Waals surface area contributed by atoms with Gasteiger partial charge in [-0.25, -0.2) is 0 Å². The molecule has 1 heterocycles. The van der Waals surface area contributed by atoms with E-state index < -0.39 is 0 Å². The van der Waals surface area contributed by atoms with Crippen LogP contribution in [0.2, 0.25) is 0 Å².